The molecular weight excluding hydrogens is 294 g/mol. The van der Waals surface area contributed by atoms with Crippen molar-refractivity contribution < 1.29 is 17.9 Å². The average Bonchev–Trinajstić information content (AvgIpc) is 2.78. The lowest BCUT2D eigenvalue weighted by Crippen LogP contribution is -2.39. The van der Waals surface area contributed by atoms with Crippen LogP contribution < -0.4 is 4.72 Å². The number of aromatic amines is 1. The second-order valence-electron chi connectivity index (χ2n) is 5.46. The summed E-state index contributed by atoms with van der Waals surface area (Å²) in [5.74, 6) is -0.328. The van der Waals surface area contributed by atoms with Gasteiger partial charge in [0.1, 0.15) is 4.90 Å². The van der Waals surface area contributed by atoms with E-state index in [0.29, 0.717) is 37.1 Å². The molecule has 0 saturated heterocycles. The summed E-state index contributed by atoms with van der Waals surface area (Å²) in [6, 6.07) is -0.149. The molecule has 7 nitrogen and oxygen atoms in total. The summed E-state index contributed by atoms with van der Waals surface area (Å²) in [6.07, 6.45) is 2.55. The number of methoxy groups -OCH3 is 1. The van der Waals surface area contributed by atoms with Gasteiger partial charge < -0.3 is 4.74 Å². The normalized spacial score (nSPS) is 23.0. The van der Waals surface area contributed by atoms with Crippen LogP contribution in [0.25, 0.3) is 0 Å². The van der Waals surface area contributed by atoms with Gasteiger partial charge >= 0.3 is 5.97 Å². The largest absolute Gasteiger partial charge is 0.469 e. The Morgan fingerprint density at radius 2 is 1.90 bits per heavy atom. The van der Waals surface area contributed by atoms with Gasteiger partial charge in [-0.1, -0.05) is 0 Å². The van der Waals surface area contributed by atoms with Crippen LogP contribution in [0.1, 0.15) is 37.1 Å². The van der Waals surface area contributed by atoms with E-state index in [1.54, 1.807) is 13.8 Å². The fourth-order valence-electron chi connectivity index (χ4n) is 2.83. The molecule has 0 amide bonds. The van der Waals surface area contributed by atoms with E-state index >= 15 is 0 Å². The monoisotopic (exact) mass is 315 g/mol. The van der Waals surface area contributed by atoms with E-state index in [2.05, 4.69) is 14.9 Å². The van der Waals surface area contributed by atoms with Crippen LogP contribution in [-0.4, -0.2) is 37.7 Å². The highest BCUT2D eigenvalue weighted by atomic mass is 32.2. The number of nitrogens with zero attached hydrogens (tertiary/aromatic N) is 1. The Morgan fingerprint density at radius 1 is 1.29 bits per heavy atom. The van der Waals surface area contributed by atoms with E-state index in [0.717, 1.165) is 0 Å². The number of H-pyrrole nitrogens is 1. The molecule has 1 aliphatic carbocycles. The zero-order valence-corrected chi connectivity index (χ0v) is 13.3. The van der Waals surface area contributed by atoms with E-state index in [1.807, 2.05) is 0 Å². The fourth-order valence-corrected chi connectivity index (χ4v) is 4.50. The van der Waals surface area contributed by atoms with Crippen LogP contribution in [0.3, 0.4) is 0 Å². The predicted octanol–water partition coefficient (Wildman–Crippen LogP) is 1.04. The molecule has 1 aromatic rings. The van der Waals surface area contributed by atoms with Crippen LogP contribution in [0.4, 0.5) is 0 Å². The van der Waals surface area contributed by atoms with E-state index in [9.17, 15) is 13.2 Å². The molecule has 21 heavy (non-hydrogen) atoms. The number of ether oxygens (including phenoxy) is 1. The molecule has 1 aromatic heterocycles. The summed E-state index contributed by atoms with van der Waals surface area (Å²) in [5.41, 5.74) is 0.992. The van der Waals surface area contributed by atoms with Gasteiger partial charge in [-0.3, -0.25) is 9.89 Å². The summed E-state index contributed by atoms with van der Waals surface area (Å²) in [6.45, 7) is 3.34. The maximum absolute atomic E-state index is 12.4. The Balaban J connectivity index is 2.02. The number of nitrogens with one attached hydrogen (secondary N) is 2. The molecule has 1 fully saturated rings. The zero-order valence-electron chi connectivity index (χ0n) is 12.5. The minimum atomic E-state index is -3.58. The third-order valence-electron chi connectivity index (χ3n) is 3.91. The molecule has 0 aromatic carbocycles. The Morgan fingerprint density at radius 3 is 2.38 bits per heavy atom. The fraction of sp³-hybridized carbons (Fsp3) is 0.692. The molecule has 0 bridgehead atoms. The Hall–Kier alpha value is -1.41. The molecule has 0 unspecified atom stereocenters. The van der Waals surface area contributed by atoms with Crippen LogP contribution in [-0.2, 0) is 19.6 Å². The number of aryl methyl sites for hydroxylation is 2. The van der Waals surface area contributed by atoms with Gasteiger partial charge in [-0.15, -0.1) is 0 Å². The van der Waals surface area contributed by atoms with Gasteiger partial charge in [0.15, 0.2) is 0 Å². The van der Waals surface area contributed by atoms with Crippen LogP contribution in [0.15, 0.2) is 4.90 Å². The van der Waals surface area contributed by atoms with Crippen molar-refractivity contribution in [3.8, 4) is 0 Å². The van der Waals surface area contributed by atoms with Gasteiger partial charge in [0.2, 0.25) is 10.0 Å². The number of sulfonamides is 1. The van der Waals surface area contributed by atoms with Crippen LogP contribution in [0, 0.1) is 19.8 Å². The molecule has 1 saturated carbocycles. The van der Waals surface area contributed by atoms with Gasteiger partial charge in [0, 0.05) is 6.04 Å². The third-order valence-corrected chi connectivity index (χ3v) is 5.70. The highest BCUT2D eigenvalue weighted by Gasteiger charge is 2.31. The van der Waals surface area contributed by atoms with Crippen molar-refractivity contribution >= 4 is 16.0 Å². The Kier molecular flexibility index (Phi) is 4.67. The SMILES string of the molecule is COC(=O)C1CCC(NS(=O)(=O)c2c(C)n[nH]c2C)CC1. The first-order chi connectivity index (χ1) is 9.85. The summed E-state index contributed by atoms with van der Waals surface area (Å²) >= 11 is 0. The van der Waals surface area contributed by atoms with E-state index in [-0.39, 0.29) is 22.8 Å². The first-order valence-electron chi connectivity index (χ1n) is 6.97. The van der Waals surface area contributed by atoms with Crippen molar-refractivity contribution in [3.05, 3.63) is 11.4 Å². The van der Waals surface area contributed by atoms with Crippen LogP contribution >= 0.6 is 0 Å². The van der Waals surface area contributed by atoms with Crippen molar-refractivity contribution in [2.75, 3.05) is 7.11 Å². The molecule has 118 valence electrons. The molecule has 8 heteroatoms. The van der Waals surface area contributed by atoms with E-state index < -0.39 is 10.0 Å². The second-order valence-corrected chi connectivity index (χ2v) is 7.11. The van der Waals surface area contributed by atoms with Gasteiger partial charge in [-0.05, 0) is 39.5 Å². The molecule has 1 aliphatic rings. The average molecular weight is 315 g/mol. The standard InChI is InChI=1S/C13H21N3O4S/c1-8-12(9(2)15-14-8)21(18,19)16-11-6-4-10(5-7-11)13(17)20-3/h10-11,16H,4-7H2,1-3H3,(H,14,15). The summed E-state index contributed by atoms with van der Waals surface area (Å²) in [5, 5.41) is 6.60. The minimum absolute atomic E-state index is 0.117. The number of carbonyl (C=O) groups is 1. The van der Waals surface area contributed by atoms with Gasteiger partial charge in [0.25, 0.3) is 0 Å². The smallest absolute Gasteiger partial charge is 0.308 e. The molecule has 0 aliphatic heterocycles. The molecule has 1 heterocycles. The lowest BCUT2D eigenvalue weighted by Gasteiger charge is -2.27. The zero-order chi connectivity index (χ0) is 15.6. The van der Waals surface area contributed by atoms with Crippen molar-refractivity contribution in [3.63, 3.8) is 0 Å². The topological polar surface area (TPSA) is 101 Å². The van der Waals surface area contributed by atoms with E-state index in [1.165, 1.54) is 7.11 Å². The van der Waals surface area contributed by atoms with Crippen molar-refractivity contribution in [1.29, 1.82) is 0 Å². The molecule has 2 rings (SSSR count). The number of esters is 1. The molecule has 0 spiro atoms. The highest BCUT2D eigenvalue weighted by molar-refractivity contribution is 7.89. The van der Waals surface area contributed by atoms with Crippen molar-refractivity contribution in [1.82, 2.24) is 14.9 Å². The lowest BCUT2D eigenvalue weighted by molar-refractivity contribution is -0.146. The maximum atomic E-state index is 12.4. The predicted molar refractivity (Wildman–Crippen MR) is 76.1 cm³/mol. The Labute approximate surface area is 124 Å². The first kappa shape index (κ1) is 16.0. The third kappa shape index (κ3) is 3.44. The van der Waals surface area contributed by atoms with Gasteiger partial charge in [0.05, 0.1) is 24.4 Å². The first-order valence-corrected chi connectivity index (χ1v) is 8.45. The number of carbonyl (C=O) groups excluding carboxylic acids is 1. The molecule has 2 N–H and O–H groups in total. The summed E-state index contributed by atoms with van der Waals surface area (Å²) in [4.78, 5) is 11.7. The van der Waals surface area contributed by atoms with Gasteiger partial charge in [-0.25, -0.2) is 13.1 Å². The van der Waals surface area contributed by atoms with Crippen LogP contribution in [0.2, 0.25) is 0 Å². The number of rotatable bonds is 4. The molecule has 0 atom stereocenters. The van der Waals surface area contributed by atoms with Gasteiger partial charge in [-0.2, -0.15) is 5.10 Å². The summed E-state index contributed by atoms with van der Waals surface area (Å²) in [7, 11) is -2.20. The minimum Gasteiger partial charge on any atom is -0.469 e. The Bertz CT molecular complexity index is 596. The second kappa shape index (κ2) is 6.15. The number of hydrogen-bond donors (Lipinski definition) is 2. The number of aromatic nitrogens is 2. The highest BCUT2D eigenvalue weighted by Crippen LogP contribution is 2.27. The van der Waals surface area contributed by atoms with Crippen molar-refractivity contribution in [2.24, 2.45) is 5.92 Å². The van der Waals surface area contributed by atoms with Crippen molar-refractivity contribution in [2.45, 2.75) is 50.5 Å². The summed E-state index contributed by atoms with van der Waals surface area (Å²) < 4.78 is 32.3. The quantitative estimate of drug-likeness (QED) is 0.808. The molecule has 0 radical (unpaired) electrons. The van der Waals surface area contributed by atoms with E-state index in [4.69, 9.17) is 4.74 Å². The number of hydrogen-bond acceptors (Lipinski definition) is 5. The maximum Gasteiger partial charge on any atom is 0.308 e. The van der Waals surface area contributed by atoms with Crippen LogP contribution in [0.5, 0.6) is 0 Å². The molecular formula is C13H21N3O4S. The lowest BCUT2D eigenvalue weighted by atomic mass is 9.86.